The van der Waals surface area contributed by atoms with Crippen LogP contribution in [0.3, 0.4) is 0 Å². The molecule has 1 aliphatic rings. The van der Waals surface area contributed by atoms with Crippen molar-refractivity contribution in [1.29, 1.82) is 0 Å². The van der Waals surface area contributed by atoms with Gasteiger partial charge in [0.15, 0.2) is 0 Å². The highest BCUT2D eigenvalue weighted by Crippen LogP contribution is 2.17. The highest BCUT2D eigenvalue weighted by molar-refractivity contribution is 5.15. The quantitative estimate of drug-likeness (QED) is 0.865. The van der Waals surface area contributed by atoms with E-state index in [1.165, 1.54) is 25.7 Å². The van der Waals surface area contributed by atoms with Crippen LogP contribution in [-0.2, 0) is 13.1 Å². The molecule has 0 aliphatic heterocycles. The molecule has 0 bridgehead atoms. The van der Waals surface area contributed by atoms with Crippen LogP contribution in [0.15, 0.2) is 16.9 Å². The van der Waals surface area contributed by atoms with Crippen LogP contribution < -0.4 is 10.9 Å². The van der Waals surface area contributed by atoms with Crippen LogP contribution in [0.4, 0.5) is 0 Å². The fourth-order valence-corrected chi connectivity index (χ4v) is 2.90. The van der Waals surface area contributed by atoms with Crippen molar-refractivity contribution < 1.29 is 0 Å². The number of rotatable bonds is 6. The molecule has 1 fully saturated rings. The van der Waals surface area contributed by atoms with Gasteiger partial charge in [0.25, 0.3) is 5.56 Å². The van der Waals surface area contributed by atoms with Crippen LogP contribution in [0.5, 0.6) is 0 Å². The molecule has 0 saturated heterocycles. The van der Waals surface area contributed by atoms with E-state index in [1.807, 2.05) is 17.6 Å². The molecule has 0 aromatic carbocycles. The number of hydrogen-bond donors (Lipinski definition) is 1. The first-order valence-corrected chi connectivity index (χ1v) is 8.00. The lowest BCUT2D eigenvalue weighted by molar-refractivity contribution is 0.491. The first kappa shape index (κ1) is 15.3. The van der Waals surface area contributed by atoms with Crippen LogP contribution in [-0.4, -0.2) is 10.6 Å². The Morgan fingerprint density at radius 1 is 1.30 bits per heavy atom. The summed E-state index contributed by atoms with van der Waals surface area (Å²) < 4.78 is 1.94. The standard InChI is InChI=1S/C17H28N2O/c1-13(2)10-11-19-14(3)8-9-15(17(19)20)12-18-16-6-4-5-7-16/h8-9,13,16,18H,4-7,10-12H2,1-3H3. The van der Waals surface area contributed by atoms with Crippen molar-refractivity contribution in [2.45, 2.75) is 72.0 Å². The molecule has 1 saturated carbocycles. The summed E-state index contributed by atoms with van der Waals surface area (Å²) in [5.74, 6) is 0.626. The maximum atomic E-state index is 12.5. The van der Waals surface area contributed by atoms with Gasteiger partial charge in [0.1, 0.15) is 0 Å². The van der Waals surface area contributed by atoms with E-state index >= 15 is 0 Å². The highest BCUT2D eigenvalue weighted by Gasteiger charge is 2.15. The first-order valence-electron chi connectivity index (χ1n) is 8.00. The number of hydrogen-bond acceptors (Lipinski definition) is 2. The summed E-state index contributed by atoms with van der Waals surface area (Å²) in [6, 6.07) is 4.68. The van der Waals surface area contributed by atoms with Gasteiger partial charge >= 0.3 is 0 Å². The zero-order valence-corrected chi connectivity index (χ0v) is 13.1. The van der Waals surface area contributed by atoms with E-state index in [4.69, 9.17) is 0 Å². The summed E-state index contributed by atoms with van der Waals surface area (Å²) >= 11 is 0. The van der Waals surface area contributed by atoms with Gasteiger partial charge in [0.2, 0.25) is 0 Å². The van der Waals surface area contributed by atoms with Gasteiger partial charge in [-0.15, -0.1) is 0 Å². The summed E-state index contributed by atoms with van der Waals surface area (Å²) in [5, 5.41) is 3.54. The van der Waals surface area contributed by atoms with Gasteiger partial charge in [-0.25, -0.2) is 0 Å². The number of aryl methyl sites for hydroxylation is 1. The Balaban J connectivity index is 2.05. The van der Waals surface area contributed by atoms with Crippen molar-refractivity contribution in [2.75, 3.05) is 0 Å². The van der Waals surface area contributed by atoms with Crippen LogP contribution in [0, 0.1) is 12.8 Å². The van der Waals surface area contributed by atoms with Crippen molar-refractivity contribution in [2.24, 2.45) is 5.92 Å². The van der Waals surface area contributed by atoms with Gasteiger partial charge < -0.3 is 9.88 Å². The van der Waals surface area contributed by atoms with Crippen molar-refractivity contribution in [3.8, 4) is 0 Å². The lowest BCUT2D eigenvalue weighted by Crippen LogP contribution is -2.32. The molecular weight excluding hydrogens is 248 g/mol. The molecule has 1 N–H and O–H groups in total. The SMILES string of the molecule is Cc1ccc(CNC2CCCC2)c(=O)n1CCC(C)C. The van der Waals surface area contributed by atoms with Gasteiger partial charge in [-0.3, -0.25) is 4.79 Å². The van der Waals surface area contributed by atoms with Crippen molar-refractivity contribution in [3.05, 3.63) is 33.7 Å². The zero-order valence-electron chi connectivity index (χ0n) is 13.1. The number of pyridine rings is 1. The Kier molecular flexibility index (Phi) is 5.41. The molecule has 1 aromatic heterocycles. The Morgan fingerprint density at radius 2 is 2.00 bits per heavy atom. The van der Waals surface area contributed by atoms with Gasteiger partial charge in [-0.05, 0) is 38.2 Å². The fourth-order valence-electron chi connectivity index (χ4n) is 2.90. The predicted molar refractivity (Wildman–Crippen MR) is 84.0 cm³/mol. The molecule has 1 aromatic rings. The summed E-state index contributed by atoms with van der Waals surface area (Å²) in [7, 11) is 0. The molecule has 0 atom stereocenters. The van der Waals surface area contributed by atoms with E-state index in [-0.39, 0.29) is 5.56 Å². The van der Waals surface area contributed by atoms with Crippen molar-refractivity contribution in [1.82, 2.24) is 9.88 Å². The van der Waals surface area contributed by atoms with Crippen LogP contribution in [0.2, 0.25) is 0 Å². The molecule has 112 valence electrons. The molecule has 3 heteroatoms. The first-order chi connectivity index (χ1) is 9.58. The van der Waals surface area contributed by atoms with E-state index < -0.39 is 0 Å². The van der Waals surface area contributed by atoms with E-state index in [0.29, 0.717) is 18.5 Å². The molecule has 1 aliphatic carbocycles. The van der Waals surface area contributed by atoms with Gasteiger partial charge in [0, 0.05) is 30.4 Å². The summed E-state index contributed by atoms with van der Waals surface area (Å²) in [6.45, 7) is 7.97. The van der Waals surface area contributed by atoms with Gasteiger partial charge in [-0.1, -0.05) is 32.8 Å². The molecule has 2 rings (SSSR count). The molecule has 3 nitrogen and oxygen atoms in total. The normalized spacial score (nSPS) is 16.2. The van der Waals surface area contributed by atoms with E-state index in [0.717, 1.165) is 24.2 Å². The van der Waals surface area contributed by atoms with E-state index in [9.17, 15) is 4.79 Å². The maximum absolute atomic E-state index is 12.5. The number of nitrogens with zero attached hydrogens (tertiary/aromatic N) is 1. The lowest BCUT2D eigenvalue weighted by Gasteiger charge is -2.15. The van der Waals surface area contributed by atoms with Gasteiger partial charge in [0.05, 0.1) is 0 Å². The molecule has 0 unspecified atom stereocenters. The second kappa shape index (κ2) is 7.07. The number of nitrogens with one attached hydrogen (secondary N) is 1. The second-order valence-electron chi connectivity index (χ2n) is 6.50. The molecule has 0 amide bonds. The fraction of sp³-hybridized carbons (Fsp3) is 0.706. The lowest BCUT2D eigenvalue weighted by atomic mass is 10.1. The van der Waals surface area contributed by atoms with Crippen molar-refractivity contribution in [3.63, 3.8) is 0 Å². The van der Waals surface area contributed by atoms with Crippen LogP contribution in [0.25, 0.3) is 0 Å². The molecule has 0 radical (unpaired) electrons. The van der Waals surface area contributed by atoms with E-state index in [2.05, 4.69) is 25.2 Å². The minimum absolute atomic E-state index is 0.191. The largest absolute Gasteiger partial charge is 0.313 e. The number of aromatic nitrogens is 1. The minimum Gasteiger partial charge on any atom is -0.313 e. The monoisotopic (exact) mass is 276 g/mol. The smallest absolute Gasteiger partial charge is 0.255 e. The third-order valence-electron chi connectivity index (χ3n) is 4.34. The Labute approximate surface area is 122 Å². The van der Waals surface area contributed by atoms with Crippen LogP contribution in [0.1, 0.15) is 57.2 Å². The van der Waals surface area contributed by atoms with Crippen molar-refractivity contribution >= 4 is 0 Å². The Bertz CT molecular complexity index is 484. The maximum Gasteiger partial charge on any atom is 0.255 e. The van der Waals surface area contributed by atoms with E-state index in [1.54, 1.807) is 0 Å². The van der Waals surface area contributed by atoms with Gasteiger partial charge in [-0.2, -0.15) is 0 Å². The molecule has 1 heterocycles. The molecular formula is C17H28N2O. The highest BCUT2D eigenvalue weighted by atomic mass is 16.1. The third-order valence-corrected chi connectivity index (χ3v) is 4.34. The molecule has 20 heavy (non-hydrogen) atoms. The summed E-state index contributed by atoms with van der Waals surface area (Å²) in [4.78, 5) is 12.5. The molecule has 0 spiro atoms. The Hall–Kier alpha value is -1.09. The second-order valence-corrected chi connectivity index (χ2v) is 6.50. The predicted octanol–water partition coefficient (Wildman–Crippen LogP) is 3.24. The average molecular weight is 276 g/mol. The zero-order chi connectivity index (χ0) is 14.5. The summed E-state index contributed by atoms with van der Waals surface area (Å²) in [6.07, 6.45) is 6.22. The minimum atomic E-state index is 0.191. The topological polar surface area (TPSA) is 34.0 Å². The van der Waals surface area contributed by atoms with Crippen LogP contribution >= 0.6 is 0 Å². The Morgan fingerprint density at radius 3 is 2.65 bits per heavy atom. The average Bonchev–Trinajstić information content (AvgIpc) is 2.90. The third kappa shape index (κ3) is 3.95. The summed E-state index contributed by atoms with van der Waals surface area (Å²) in [5.41, 5.74) is 2.17.